The van der Waals surface area contributed by atoms with Gasteiger partial charge in [0.25, 0.3) is 0 Å². The molecule has 0 saturated heterocycles. The predicted octanol–water partition coefficient (Wildman–Crippen LogP) is 4.10. The Morgan fingerprint density at radius 2 is 1.89 bits per heavy atom. The molecule has 2 aliphatic carbocycles. The first-order chi connectivity index (χ1) is 12.8. The molecular weight excluding hydrogens is 340 g/mol. The molecule has 0 heterocycles. The molecule has 2 fully saturated rings. The summed E-state index contributed by atoms with van der Waals surface area (Å²) < 4.78 is 11.0. The first kappa shape index (κ1) is 20.3. The Kier molecular flexibility index (Phi) is 5.97. The van der Waals surface area contributed by atoms with Crippen LogP contribution in [-0.4, -0.2) is 30.7 Å². The Hall–Kier alpha value is -1.39. The number of aliphatic hydroxyl groups is 1. The van der Waals surface area contributed by atoms with Crippen molar-refractivity contribution in [3.8, 4) is 5.75 Å². The van der Waals surface area contributed by atoms with Gasteiger partial charge in [0.1, 0.15) is 11.5 Å². The predicted molar refractivity (Wildman–Crippen MR) is 105 cm³/mol. The molecule has 6 atom stereocenters. The van der Waals surface area contributed by atoms with Gasteiger partial charge in [0.05, 0.1) is 26.4 Å². The van der Waals surface area contributed by atoms with E-state index in [4.69, 9.17) is 9.47 Å². The fourth-order valence-electron chi connectivity index (χ4n) is 5.01. The molecule has 2 aliphatic rings. The summed E-state index contributed by atoms with van der Waals surface area (Å²) in [4.78, 5) is 12.8. The van der Waals surface area contributed by atoms with Crippen LogP contribution in [0.1, 0.15) is 46.1 Å². The molecule has 0 unspecified atom stereocenters. The van der Waals surface area contributed by atoms with E-state index in [1.165, 1.54) is 0 Å². The average Bonchev–Trinajstić information content (AvgIpc) is 3.18. The fraction of sp³-hybridized carbons (Fsp3) is 0.696. The van der Waals surface area contributed by atoms with Crippen molar-refractivity contribution in [3.05, 3.63) is 29.8 Å². The molecule has 4 nitrogen and oxygen atoms in total. The van der Waals surface area contributed by atoms with Gasteiger partial charge >= 0.3 is 0 Å². The molecule has 0 aromatic heterocycles. The first-order valence-electron chi connectivity index (χ1n) is 10.2. The van der Waals surface area contributed by atoms with Gasteiger partial charge in [-0.3, -0.25) is 4.79 Å². The van der Waals surface area contributed by atoms with E-state index in [9.17, 15) is 9.90 Å². The second-order valence-corrected chi connectivity index (χ2v) is 9.27. The van der Waals surface area contributed by atoms with Gasteiger partial charge in [0, 0.05) is 18.3 Å². The molecule has 0 aliphatic heterocycles. The monoisotopic (exact) mass is 374 g/mol. The smallest absolute Gasteiger partial charge is 0.139 e. The normalized spacial score (nSPS) is 31.6. The average molecular weight is 375 g/mol. The number of benzene rings is 1. The van der Waals surface area contributed by atoms with Gasteiger partial charge in [0.15, 0.2) is 0 Å². The highest BCUT2D eigenvalue weighted by Crippen LogP contribution is 2.64. The van der Waals surface area contributed by atoms with Crippen LogP contribution in [0.25, 0.3) is 0 Å². The number of methoxy groups -OCH3 is 1. The van der Waals surface area contributed by atoms with Gasteiger partial charge in [-0.2, -0.15) is 0 Å². The van der Waals surface area contributed by atoms with Gasteiger partial charge in [-0.25, -0.2) is 0 Å². The third-order valence-corrected chi connectivity index (χ3v) is 7.08. The van der Waals surface area contributed by atoms with Crippen LogP contribution in [0.5, 0.6) is 5.75 Å². The summed E-state index contributed by atoms with van der Waals surface area (Å²) in [6, 6.07) is 7.78. The Bertz CT molecular complexity index is 651. The van der Waals surface area contributed by atoms with Gasteiger partial charge in [0.2, 0.25) is 0 Å². The molecule has 3 rings (SSSR count). The van der Waals surface area contributed by atoms with Gasteiger partial charge in [-0.05, 0) is 47.3 Å². The summed E-state index contributed by atoms with van der Waals surface area (Å²) >= 11 is 0. The van der Waals surface area contributed by atoms with Gasteiger partial charge in [-0.15, -0.1) is 0 Å². The summed E-state index contributed by atoms with van der Waals surface area (Å²) in [5.74, 6) is 2.12. The number of ether oxygens (including phenoxy) is 2. The van der Waals surface area contributed by atoms with E-state index in [1.807, 2.05) is 31.2 Å². The van der Waals surface area contributed by atoms with Crippen LogP contribution in [0, 0.1) is 35.0 Å². The van der Waals surface area contributed by atoms with Crippen LogP contribution in [0.2, 0.25) is 0 Å². The summed E-state index contributed by atoms with van der Waals surface area (Å²) in [5.41, 5.74) is 1.37. The van der Waals surface area contributed by atoms with Crippen LogP contribution in [0.15, 0.2) is 24.3 Å². The Labute approximate surface area is 163 Å². The molecule has 1 aromatic rings. The zero-order chi connectivity index (χ0) is 19.8. The maximum atomic E-state index is 12.8. The van der Waals surface area contributed by atoms with E-state index in [0.29, 0.717) is 36.9 Å². The quantitative estimate of drug-likeness (QED) is 0.781. The van der Waals surface area contributed by atoms with Gasteiger partial charge in [-0.1, -0.05) is 39.8 Å². The SMILES string of the molecule is COc1ccc(COC[C@@H](C)[C@@H](O)[C@@H]2C(=O)C[C@H]3[C@@H](C[C@H]2C)C3(C)C)cc1. The highest BCUT2D eigenvalue weighted by atomic mass is 16.5. The van der Waals surface area contributed by atoms with Crippen LogP contribution in [0.4, 0.5) is 0 Å². The second-order valence-electron chi connectivity index (χ2n) is 9.27. The summed E-state index contributed by atoms with van der Waals surface area (Å²) in [6.07, 6.45) is 1.04. The molecule has 0 bridgehead atoms. The van der Waals surface area contributed by atoms with Crippen molar-refractivity contribution in [2.45, 2.75) is 53.2 Å². The number of hydrogen-bond acceptors (Lipinski definition) is 4. The highest BCUT2D eigenvalue weighted by molar-refractivity contribution is 5.83. The van der Waals surface area contributed by atoms with Crippen molar-refractivity contribution < 1.29 is 19.4 Å². The first-order valence-corrected chi connectivity index (χ1v) is 10.2. The lowest BCUT2D eigenvalue weighted by atomic mass is 9.77. The molecule has 0 amide bonds. The van der Waals surface area contributed by atoms with Crippen molar-refractivity contribution in [1.82, 2.24) is 0 Å². The van der Waals surface area contributed by atoms with Crippen molar-refractivity contribution in [1.29, 1.82) is 0 Å². The lowest BCUT2D eigenvalue weighted by Crippen LogP contribution is -2.39. The molecule has 1 aromatic carbocycles. The number of Topliss-reactive ketones (excluding diaryl/α,β-unsaturated/α-hetero) is 1. The number of ketones is 1. The molecular formula is C23H34O4. The second kappa shape index (κ2) is 7.92. The van der Waals surface area contributed by atoms with Crippen molar-refractivity contribution >= 4 is 5.78 Å². The molecule has 2 saturated carbocycles. The molecule has 4 heteroatoms. The van der Waals surface area contributed by atoms with Crippen LogP contribution in [0.3, 0.4) is 0 Å². The topological polar surface area (TPSA) is 55.8 Å². The minimum Gasteiger partial charge on any atom is -0.497 e. The lowest BCUT2D eigenvalue weighted by Gasteiger charge is -2.31. The number of aliphatic hydroxyl groups excluding tert-OH is 1. The summed E-state index contributed by atoms with van der Waals surface area (Å²) in [7, 11) is 1.65. The summed E-state index contributed by atoms with van der Waals surface area (Å²) in [6.45, 7) is 9.60. The maximum Gasteiger partial charge on any atom is 0.139 e. The number of fused-ring (bicyclic) bond motifs is 1. The molecule has 0 spiro atoms. The third kappa shape index (κ3) is 4.22. The van der Waals surface area contributed by atoms with E-state index >= 15 is 0 Å². The fourth-order valence-corrected chi connectivity index (χ4v) is 5.01. The Morgan fingerprint density at radius 3 is 2.52 bits per heavy atom. The van der Waals surface area contributed by atoms with Crippen LogP contribution in [-0.2, 0) is 16.1 Å². The van der Waals surface area contributed by atoms with E-state index in [-0.39, 0.29) is 23.5 Å². The van der Waals surface area contributed by atoms with Crippen LogP contribution < -0.4 is 4.74 Å². The molecule has 27 heavy (non-hydrogen) atoms. The molecule has 150 valence electrons. The summed E-state index contributed by atoms with van der Waals surface area (Å²) in [5, 5.41) is 10.9. The standard InChI is InChI=1S/C23H34O4/c1-14-10-18-19(23(18,3)4)11-20(24)21(14)22(25)15(2)12-27-13-16-6-8-17(26-5)9-7-16/h6-9,14-15,18-19,21-22,25H,10-13H2,1-5H3/t14-,15-,18-,19+,21+,22-/m1/s1. The zero-order valence-electron chi connectivity index (χ0n) is 17.3. The lowest BCUT2D eigenvalue weighted by molar-refractivity contribution is -0.131. The third-order valence-electron chi connectivity index (χ3n) is 7.08. The van der Waals surface area contributed by atoms with E-state index in [1.54, 1.807) is 7.11 Å². The zero-order valence-corrected chi connectivity index (χ0v) is 17.3. The van der Waals surface area contributed by atoms with Gasteiger partial charge < -0.3 is 14.6 Å². The minimum atomic E-state index is -0.635. The van der Waals surface area contributed by atoms with E-state index in [0.717, 1.165) is 17.7 Å². The number of carbonyl (C=O) groups excluding carboxylic acids is 1. The van der Waals surface area contributed by atoms with Crippen molar-refractivity contribution in [3.63, 3.8) is 0 Å². The Balaban J connectivity index is 1.51. The number of hydrogen-bond donors (Lipinski definition) is 1. The van der Waals surface area contributed by atoms with E-state index < -0.39 is 6.10 Å². The number of carbonyl (C=O) groups is 1. The highest BCUT2D eigenvalue weighted by Gasteiger charge is 2.60. The molecule has 1 N–H and O–H groups in total. The van der Waals surface area contributed by atoms with Crippen LogP contribution >= 0.6 is 0 Å². The largest absolute Gasteiger partial charge is 0.497 e. The minimum absolute atomic E-state index is 0.0675. The number of rotatable bonds is 7. The van der Waals surface area contributed by atoms with Crippen molar-refractivity contribution in [2.24, 2.45) is 35.0 Å². The molecule has 0 radical (unpaired) electrons. The van der Waals surface area contributed by atoms with Crippen molar-refractivity contribution in [2.75, 3.05) is 13.7 Å². The van der Waals surface area contributed by atoms with E-state index in [2.05, 4.69) is 20.8 Å². The Morgan fingerprint density at radius 1 is 1.22 bits per heavy atom. The maximum absolute atomic E-state index is 12.8.